The van der Waals surface area contributed by atoms with Crippen molar-refractivity contribution in [1.29, 1.82) is 0 Å². The molecule has 0 radical (unpaired) electrons. The van der Waals surface area contributed by atoms with E-state index in [-0.39, 0.29) is 17.9 Å². The molecule has 4 heteroatoms. The van der Waals surface area contributed by atoms with E-state index in [0.29, 0.717) is 6.42 Å². The summed E-state index contributed by atoms with van der Waals surface area (Å²) in [5.74, 6) is -0.231. The highest BCUT2D eigenvalue weighted by Gasteiger charge is 2.27. The number of rotatable bonds is 3. The summed E-state index contributed by atoms with van der Waals surface area (Å²) in [6, 6.07) is -0.000648. The second kappa shape index (κ2) is 6.42. The average molecular weight is 239 g/mol. The Morgan fingerprint density at radius 3 is 2.65 bits per heavy atom. The molecule has 4 nitrogen and oxygen atoms in total. The van der Waals surface area contributed by atoms with Crippen molar-refractivity contribution in [3.05, 3.63) is 11.6 Å². The Hall–Kier alpha value is -1.32. The van der Waals surface area contributed by atoms with Gasteiger partial charge in [0.25, 0.3) is 0 Å². The fourth-order valence-corrected chi connectivity index (χ4v) is 2.11. The lowest BCUT2D eigenvalue weighted by atomic mass is 9.99. The first kappa shape index (κ1) is 13.7. The maximum atomic E-state index is 12.0. The predicted octanol–water partition coefficient (Wildman–Crippen LogP) is 1.90. The van der Waals surface area contributed by atoms with Gasteiger partial charge in [0, 0.05) is 18.7 Å². The van der Waals surface area contributed by atoms with E-state index in [1.165, 1.54) is 7.11 Å². The van der Waals surface area contributed by atoms with Gasteiger partial charge >= 0.3 is 5.97 Å². The third-order valence-electron chi connectivity index (χ3n) is 2.95. The maximum Gasteiger partial charge on any atom is 0.307 e. The topological polar surface area (TPSA) is 46.6 Å². The quantitative estimate of drug-likeness (QED) is 0.558. The summed E-state index contributed by atoms with van der Waals surface area (Å²) in [4.78, 5) is 25.1. The van der Waals surface area contributed by atoms with Crippen molar-refractivity contribution >= 4 is 11.9 Å². The largest absolute Gasteiger partial charge is 0.469 e. The third-order valence-corrected chi connectivity index (χ3v) is 2.95. The Morgan fingerprint density at radius 1 is 1.35 bits per heavy atom. The molecular formula is C13H21NO3. The molecule has 1 aliphatic heterocycles. The van der Waals surface area contributed by atoms with Crippen LogP contribution in [0.25, 0.3) is 0 Å². The molecule has 0 saturated carbocycles. The van der Waals surface area contributed by atoms with Crippen molar-refractivity contribution in [2.45, 2.75) is 45.6 Å². The molecule has 0 aromatic carbocycles. The molecule has 0 bridgehead atoms. The number of hydrogen-bond acceptors (Lipinski definition) is 3. The van der Waals surface area contributed by atoms with Gasteiger partial charge in [-0.15, -0.1) is 0 Å². The van der Waals surface area contributed by atoms with Crippen LogP contribution >= 0.6 is 0 Å². The Balaban J connectivity index is 2.68. The van der Waals surface area contributed by atoms with Gasteiger partial charge < -0.3 is 9.64 Å². The van der Waals surface area contributed by atoms with Crippen LogP contribution in [0.3, 0.4) is 0 Å². The first-order valence-corrected chi connectivity index (χ1v) is 6.07. The third kappa shape index (κ3) is 4.21. The van der Waals surface area contributed by atoms with Gasteiger partial charge in [0.05, 0.1) is 13.5 Å². The van der Waals surface area contributed by atoms with Crippen LogP contribution in [0.15, 0.2) is 11.6 Å². The van der Waals surface area contributed by atoms with Crippen molar-refractivity contribution in [3.8, 4) is 0 Å². The van der Waals surface area contributed by atoms with Gasteiger partial charge in [0.1, 0.15) is 0 Å². The first-order chi connectivity index (χ1) is 8.04. The molecular weight excluding hydrogens is 218 g/mol. The highest BCUT2D eigenvalue weighted by molar-refractivity contribution is 5.88. The molecule has 0 aromatic heterocycles. The molecule has 0 aromatic rings. The number of esters is 1. The monoisotopic (exact) mass is 239 g/mol. The molecule has 1 amide bonds. The summed E-state index contributed by atoms with van der Waals surface area (Å²) in [6.45, 7) is 4.54. The molecule has 0 aliphatic carbocycles. The molecule has 1 rings (SSSR count). The number of piperidine rings is 1. The number of nitrogens with zero attached hydrogens (tertiary/aromatic N) is 1. The number of likely N-dealkylation sites (tertiary alicyclic amines) is 1. The number of hydrogen-bond donors (Lipinski definition) is 0. The van der Waals surface area contributed by atoms with E-state index in [9.17, 15) is 9.59 Å². The summed E-state index contributed by atoms with van der Waals surface area (Å²) in [5.41, 5.74) is 0.984. The smallest absolute Gasteiger partial charge is 0.307 e. The van der Waals surface area contributed by atoms with Gasteiger partial charge in [-0.05, 0) is 33.1 Å². The van der Waals surface area contributed by atoms with E-state index >= 15 is 0 Å². The van der Waals surface area contributed by atoms with Gasteiger partial charge in [-0.3, -0.25) is 9.59 Å². The minimum atomic E-state index is -0.244. The lowest BCUT2D eigenvalue weighted by molar-refractivity contribution is -0.143. The average Bonchev–Trinajstić information content (AvgIpc) is 2.28. The van der Waals surface area contributed by atoms with Crippen LogP contribution in [0.5, 0.6) is 0 Å². The molecule has 96 valence electrons. The van der Waals surface area contributed by atoms with Crippen LogP contribution in [0.2, 0.25) is 0 Å². The van der Waals surface area contributed by atoms with Crippen LogP contribution in [0, 0.1) is 0 Å². The number of amides is 1. The van der Waals surface area contributed by atoms with E-state index in [1.807, 2.05) is 13.8 Å². The molecule has 1 heterocycles. The highest BCUT2D eigenvalue weighted by atomic mass is 16.5. The molecule has 1 fully saturated rings. The minimum Gasteiger partial charge on any atom is -0.469 e. The first-order valence-electron chi connectivity index (χ1n) is 6.07. The van der Waals surface area contributed by atoms with Crippen LogP contribution in [-0.2, 0) is 14.3 Å². The van der Waals surface area contributed by atoms with Gasteiger partial charge in [0.15, 0.2) is 0 Å². The van der Waals surface area contributed by atoms with Crippen molar-refractivity contribution < 1.29 is 14.3 Å². The van der Waals surface area contributed by atoms with E-state index in [4.69, 9.17) is 0 Å². The van der Waals surface area contributed by atoms with Crippen LogP contribution in [-0.4, -0.2) is 36.5 Å². The Kier molecular flexibility index (Phi) is 5.19. The van der Waals surface area contributed by atoms with Gasteiger partial charge in [0.2, 0.25) is 5.91 Å². The highest BCUT2D eigenvalue weighted by Crippen LogP contribution is 2.20. The lowest BCUT2D eigenvalue weighted by Crippen LogP contribution is -2.44. The second-order valence-electron chi connectivity index (χ2n) is 4.68. The Labute approximate surface area is 103 Å². The van der Waals surface area contributed by atoms with Crippen LogP contribution < -0.4 is 0 Å². The summed E-state index contributed by atoms with van der Waals surface area (Å²) >= 11 is 0. The Morgan fingerprint density at radius 2 is 2.06 bits per heavy atom. The van der Waals surface area contributed by atoms with Crippen molar-refractivity contribution in [2.24, 2.45) is 0 Å². The van der Waals surface area contributed by atoms with Gasteiger partial charge in [-0.2, -0.15) is 0 Å². The zero-order chi connectivity index (χ0) is 12.8. The number of carbonyl (C=O) groups excluding carboxylic acids is 2. The summed E-state index contributed by atoms with van der Waals surface area (Å²) < 4.78 is 4.67. The molecule has 0 spiro atoms. The molecule has 1 unspecified atom stereocenters. The van der Waals surface area contributed by atoms with E-state index < -0.39 is 0 Å². The van der Waals surface area contributed by atoms with Crippen LogP contribution in [0.4, 0.5) is 0 Å². The Bertz CT molecular complexity index is 319. The number of allylic oxidation sites excluding steroid dienone is 1. The maximum absolute atomic E-state index is 12.0. The number of methoxy groups -OCH3 is 1. The summed E-state index contributed by atoms with van der Waals surface area (Å²) in [5, 5.41) is 0. The van der Waals surface area contributed by atoms with Crippen LogP contribution in [0.1, 0.15) is 39.5 Å². The van der Waals surface area contributed by atoms with Gasteiger partial charge in [-0.25, -0.2) is 0 Å². The van der Waals surface area contributed by atoms with E-state index in [1.54, 1.807) is 11.0 Å². The zero-order valence-corrected chi connectivity index (χ0v) is 10.9. The zero-order valence-electron chi connectivity index (χ0n) is 10.9. The molecule has 17 heavy (non-hydrogen) atoms. The lowest BCUT2D eigenvalue weighted by Gasteiger charge is -2.34. The summed E-state index contributed by atoms with van der Waals surface area (Å²) in [7, 11) is 1.38. The number of ether oxygens (including phenoxy) is 1. The predicted molar refractivity (Wildman–Crippen MR) is 65.4 cm³/mol. The molecule has 0 N–H and O–H groups in total. The van der Waals surface area contributed by atoms with Gasteiger partial charge in [-0.1, -0.05) is 5.57 Å². The van der Waals surface area contributed by atoms with E-state index in [0.717, 1.165) is 31.4 Å². The molecule has 1 atom stereocenters. The molecule has 1 saturated heterocycles. The number of carbonyl (C=O) groups is 2. The van der Waals surface area contributed by atoms with Crippen molar-refractivity contribution in [3.63, 3.8) is 0 Å². The van der Waals surface area contributed by atoms with Crippen molar-refractivity contribution in [1.82, 2.24) is 4.90 Å². The standard InChI is InChI=1S/C13H21NO3/c1-10(2)8-12(15)14-7-5-4-6-11(14)9-13(16)17-3/h8,11H,4-7,9H2,1-3H3. The fraction of sp³-hybridized carbons (Fsp3) is 0.692. The second-order valence-corrected chi connectivity index (χ2v) is 4.68. The minimum absolute atomic E-state index is 0.000648. The summed E-state index contributed by atoms with van der Waals surface area (Å²) in [6.07, 6.45) is 4.91. The van der Waals surface area contributed by atoms with E-state index in [2.05, 4.69) is 4.74 Å². The fourth-order valence-electron chi connectivity index (χ4n) is 2.11. The molecule has 1 aliphatic rings. The SMILES string of the molecule is COC(=O)CC1CCCCN1C(=O)C=C(C)C. The van der Waals surface area contributed by atoms with Crippen molar-refractivity contribution in [2.75, 3.05) is 13.7 Å². The normalized spacial score (nSPS) is 19.7.